The molecule has 1 radical (unpaired) electrons. The largest absolute Gasteiger partial charge is 0.412 e. The average Bonchev–Trinajstić information content (AvgIpc) is 2.30. The maximum atomic E-state index is 5.94. The van der Waals surface area contributed by atoms with Crippen molar-refractivity contribution in [2.75, 3.05) is 0 Å². The van der Waals surface area contributed by atoms with Crippen LogP contribution in [0, 0.1) is 0 Å². The molecule has 0 aromatic rings. The normalized spacial score (nSPS) is 13.5. The van der Waals surface area contributed by atoms with Gasteiger partial charge in [-0.3, -0.25) is 0 Å². The highest BCUT2D eigenvalue weighted by Crippen LogP contribution is 2.19. The number of halogens is 2. The summed E-state index contributed by atoms with van der Waals surface area (Å²) < 4.78 is 5.81. The average molecular weight is 312 g/mol. The van der Waals surface area contributed by atoms with Crippen molar-refractivity contribution in [3.63, 3.8) is 0 Å². The van der Waals surface area contributed by atoms with E-state index < -0.39 is 9.04 Å². The fourth-order valence-corrected chi connectivity index (χ4v) is 3.41. The van der Waals surface area contributed by atoms with Crippen molar-refractivity contribution in [1.82, 2.24) is 0 Å². The zero-order chi connectivity index (χ0) is 13.8. The van der Waals surface area contributed by atoms with E-state index in [1.54, 1.807) is 0 Å². The molecule has 0 aliphatic rings. The maximum absolute atomic E-state index is 5.94. The molecule has 0 fully saturated rings. The van der Waals surface area contributed by atoms with E-state index in [4.69, 9.17) is 27.6 Å². The Bertz CT molecular complexity index is 177. The van der Waals surface area contributed by atoms with Gasteiger partial charge in [-0.1, -0.05) is 58.3 Å². The van der Waals surface area contributed by atoms with Gasteiger partial charge in [-0.15, -0.1) is 23.2 Å². The van der Waals surface area contributed by atoms with Crippen molar-refractivity contribution in [2.24, 2.45) is 0 Å². The van der Waals surface area contributed by atoms with Gasteiger partial charge >= 0.3 is 0 Å². The van der Waals surface area contributed by atoms with E-state index in [-0.39, 0.29) is 10.9 Å². The topological polar surface area (TPSA) is 9.23 Å². The first-order chi connectivity index (χ1) is 8.57. The standard InChI is InChI=1S/C14H29Cl2OSi/c1-4-5-6-7-8-9-10-11-12-13(14(15)16)17-18(2)3/h13-14H,4-12H2,1-3H3. The predicted octanol–water partition coefficient (Wildman–Crippen LogP) is 5.96. The number of unbranched alkanes of at least 4 members (excludes halogenated alkanes) is 7. The minimum absolute atomic E-state index is 0.0392. The summed E-state index contributed by atoms with van der Waals surface area (Å²) in [6.07, 6.45) is 11.7. The summed E-state index contributed by atoms with van der Waals surface area (Å²) in [5, 5.41) is 0. The summed E-state index contributed by atoms with van der Waals surface area (Å²) in [5.41, 5.74) is 0. The first kappa shape index (κ1) is 18.8. The number of rotatable bonds is 12. The van der Waals surface area contributed by atoms with Crippen LogP contribution in [0.2, 0.25) is 13.1 Å². The van der Waals surface area contributed by atoms with Gasteiger partial charge in [0.15, 0.2) is 0 Å². The Hall–Kier alpha value is 0.757. The predicted molar refractivity (Wildman–Crippen MR) is 85.1 cm³/mol. The summed E-state index contributed by atoms with van der Waals surface area (Å²) >= 11 is 11.9. The second kappa shape index (κ2) is 12.8. The highest BCUT2D eigenvalue weighted by atomic mass is 35.5. The second-order valence-corrected chi connectivity index (χ2v) is 8.38. The fourth-order valence-electron chi connectivity index (χ4n) is 2.02. The zero-order valence-electron chi connectivity index (χ0n) is 12.2. The van der Waals surface area contributed by atoms with Crippen LogP contribution in [0.3, 0.4) is 0 Å². The molecule has 0 heterocycles. The molecular formula is C14H29Cl2OSi. The summed E-state index contributed by atoms with van der Waals surface area (Å²) in [6, 6.07) is 0. The zero-order valence-corrected chi connectivity index (χ0v) is 14.7. The van der Waals surface area contributed by atoms with E-state index in [0.717, 1.165) is 6.42 Å². The van der Waals surface area contributed by atoms with E-state index in [9.17, 15) is 0 Å². The van der Waals surface area contributed by atoms with E-state index in [1.165, 1.54) is 51.4 Å². The van der Waals surface area contributed by atoms with Crippen LogP contribution in [0.1, 0.15) is 64.7 Å². The number of alkyl halides is 2. The first-order valence-corrected chi connectivity index (χ1v) is 10.6. The highest BCUT2D eigenvalue weighted by Gasteiger charge is 2.18. The van der Waals surface area contributed by atoms with Crippen LogP contribution >= 0.6 is 23.2 Å². The monoisotopic (exact) mass is 311 g/mol. The van der Waals surface area contributed by atoms with Crippen molar-refractivity contribution in [3.8, 4) is 0 Å². The lowest BCUT2D eigenvalue weighted by Gasteiger charge is -2.20. The molecule has 0 rings (SSSR count). The summed E-state index contributed by atoms with van der Waals surface area (Å²) in [7, 11) is -0.704. The van der Waals surface area contributed by atoms with Gasteiger partial charge in [0.25, 0.3) is 0 Å². The molecule has 1 nitrogen and oxygen atoms in total. The van der Waals surface area contributed by atoms with Crippen molar-refractivity contribution in [3.05, 3.63) is 0 Å². The lowest BCUT2D eigenvalue weighted by molar-refractivity contribution is 0.203. The molecule has 0 saturated carbocycles. The van der Waals surface area contributed by atoms with E-state index >= 15 is 0 Å². The molecule has 1 atom stereocenters. The molecule has 18 heavy (non-hydrogen) atoms. The fraction of sp³-hybridized carbons (Fsp3) is 1.00. The van der Waals surface area contributed by atoms with Gasteiger partial charge in [0.2, 0.25) is 9.04 Å². The summed E-state index contributed by atoms with van der Waals surface area (Å²) in [5.74, 6) is 0. The van der Waals surface area contributed by atoms with Gasteiger partial charge in [0, 0.05) is 0 Å². The third-order valence-corrected chi connectivity index (χ3v) is 4.35. The molecule has 0 amide bonds. The third kappa shape index (κ3) is 11.8. The summed E-state index contributed by atoms with van der Waals surface area (Å²) in [4.78, 5) is -0.380. The van der Waals surface area contributed by atoms with Gasteiger partial charge in [0.05, 0.1) is 6.10 Å². The molecule has 0 aromatic heterocycles. The molecule has 0 aliphatic carbocycles. The van der Waals surface area contributed by atoms with Gasteiger partial charge in [0.1, 0.15) is 4.84 Å². The van der Waals surface area contributed by atoms with Crippen LogP contribution < -0.4 is 0 Å². The van der Waals surface area contributed by atoms with E-state index in [1.807, 2.05) is 0 Å². The highest BCUT2D eigenvalue weighted by molar-refractivity contribution is 6.49. The quantitative estimate of drug-likeness (QED) is 0.245. The van der Waals surface area contributed by atoms with Crippen LogP contribution in [0.5, 0.6) is 0 Å². The smallest absolute Gasteiger partial charge is 0.205 e. The van der Waals surface area contributed by atoms with Crippen LogP contribution in [0.4, 0.5) is 0 Å². The molecule has 0 saturated heterocycles. The van der Waals surface area contributed by atoms with Gasteiger partial charge < -0.3 is 4.43 Å². The minimum Gasteiger partial charge on any atom is -0.412 e. The van der Waals surface area contributed by atoms with Gasteiger partial charge in [-0.2, -0.15) is 0 Å². The Kier molecular flexibility index (Phi) is 13.3. The molecule has 109 valence electrons. The molecule has 0 bridgehead atoms. The molecule has 4 heteroatoms. The molecular weight excluding hydrogens is 283 g/mol. The second-order valence-electron chi connectivity index (χ2n) is 5.16. The maximum Gasteiger partial charge on any atom is 0.205 e. The van der Waals surface area contributed by atoms with Crippen LogP contribution in [-0.4, -0.2) is 20.0 Å². The molecule has 0 spiro atoms. The van der Waals surface area contributed by atoms with Crippen LogP contribution in [-0.2, 0) is 4.43 Å². The van der Waals surface area contributed by atoms with E-state index in [2.05, 4.69) is 20.0 Å². The SMILES string of the molecule is CCCCCCCCCCC(O[Si](C)C)C(Cl)Cl. The molecule has 0 aromatic carbocycles. The Morgan fingerprint density at radius 2 is 1.39 bits per heavy atom. The lowest BCUT2D eigenvalue weighted by atomic mass is 10.1. The third-order valence-electron chi connectivity index (χ3n) is 3.01. The lowest BCUT2D eigenvalue weighted by Crippen LogP contribution is -2.26. The molecule has 0 N–H and O–H groups in total. The van der Waals surface area contributed by atoms with E-state index in [0.29, 0.717) is 0 Å². The van der Waals surface area contributed by atoms with Crippen molar-refractivity contribution in [1.29, 1.82) is 0 Å². The van der Waals surface area contributed by atoms with Crippen molar-refractivity contribution in [2.45, 2.75) is 88.7 Å². The first-order valence-electron chi connectivity index (χ1n) is 7.32. The Morgan fingerprint density at radius 1 is 0.889 bits per heavy atom. The molecule has 0 aliphatic heterocycles. The Morgan fingerprint density at radius 3 is 1.83 bits per heavy atom. The van der Waals surface area contributed by atoms with Crippen molar-refractivity contribution < 1.29 is 4.43 Å². The number of hydrogen-bond acceptors (Lipinski definition) is 1. The minimum atomic E-state index is -0.704. The van der Waals surface area contributed by atoms with Gasteiger partial charge in [-0.05, 0) is 19.5 Å². The molecule has 1 unspecified atom stereocenters. The van der Waals surface area contributed by atoms with Crippen molar-refractivity contribution >= 4 is 32.2 Å². The van der Waals surface area contributed by atoms with Crippen LogP contribution in [0.15, 0.2) is 0 Å². The Labute approximate surface area is 125 Å². The Balaban J connectivity index is 3.44. The number of hydrogen-bond donors (Lipinski definition) is 0. The summed E-state index contributed by atoms with van der Waals surface area (Å²) in [6.45, 7) is 6.51. The van der Waals surface area contributed by atoms with Crippen LogP contribution in [0.25, 0.3) is 0 Å². The van der Waals surface area contributed by atoms with Gasteiger partial charge in [-0.25, -0.2) is 0 Å².